The summed E-state index contributed by atoms with van der Waals surface area (Å²) in [5, 5.41) is 8.83. The number of carbonyl (C=O) groups excluding carboxylic acids is 1. The zero-order chi connectivity index (χ0) is 17.0. The average molecular weight is 319 g/mol. The highest BCUT2D eigenvalue weighted by Gasteiger charge is 2.24. The van der Waals surface area contributed by atoms with Gasteiger partial charge in [0, 0.05) is 18.2 Å². The van der Waals surface area contributed by atoms with E-state index >= 15 is 0 Å². The molecule has 2 rings (SSSR count). The van der Waals surface area contributed by atoms with Crippen LogP contribution in [0.1, 0.15) is 25.8 Å². The molecule has 1 aliphatic rings. The van der Waals surface area contributed by atoms with Crippen molar-refractivity contribution in [3.05, 3.63) is 29.3 Å². The van der Waals surface area contributed by atoms with Crippen molar-refractivity contribution in [1.29, 1.82) is 0 Å². The number of methoxy groups -OCH3 is 1. The van der Waals surface area contributed by atoms with E-state index < -0.39 is 5.97 Å². The topological polar surface area (TPSA) is 76.1 Å². The molecule has 0 aromatic heterocycles. The Balaban J connectivity index is 2.23. The van der Waals surface area contributed by atoms with Gasteiger partial charge in [0.2, 0.25) is 0 Å². The number of aliphatic carboxylic acids is 1. The Morgan fingerprint density at radius 1 is 1.39 bits per heavy atom. The quantitative estimate of drug-likeness (QED) is 0.870. The number of fused-ring (bicyclic) bond motifs is 1. The van der Waals surface area contributed by atoms with Crippen molar-refractivity contribution in [1.82, 2.24) is 4.90 Å². The van der Waals surface area contributed by atoms with E-state index in [1.807, 2.05) is 13.8 Å². The highest BCUT2D eigenvalue weighted by molar-refractivity contribution is 5.99. The summed E-state index contributed by atoms with van der Waals surface area (Å²) in [5.41, 5.74) is 1.28. The third-order valence-corrected chi connectivity index (χ3v) is 3.66. The van der Waals surface area contributed by atoms with Crippen molar-refractivity contribution >= 4 is 18.0 Å². The number of carboxylic acids is 1. The second kappa shape index (κ2) is 7.17. The average Bonchev–Trinajstić information content (AvgIpc) is 2.53. The Hall–Kier alpha value is -2.50. The number of carbonyl (C=O) groups is 2. The van der Waals surface area contributed by atoms with E-state index in [-0.39, 0.29) is 31.5 Å². The van der Waals surface area contributed by atoms with Crippen molar-refractivity contribution < 1.29 is 24.2 Å². The molecule has 1 aromatic rings. The monoisotopic (exact) mass is 319 g/mol. The molecular weight excluding hydrogens is 298 g/mol. The van der Waals surface area contributed by atoms with Crippen molar-refractivity contribution in [3.63, 3.8) is 0 Å². The van der Waals surface area contributed by atoms with Crippen LogP contribution in [-0.4, -0.2) is 48.2 Å². The van der Waals surface area contributed by atoms with Gasteiger partial charge in [0.1, 0.15) is 18.1 Å². The van der Waals surface area contributed by atoms with Crippen molar-refractivity contribution in [2.75, 3.05) is 20.3 Å². The highest BCUT2D eigenvalue weighted by atomic mass is 16.5. The van der Waals surface area contributed by atoms with Gasteiger partial charge in [-0.1, -0.05) is 0 Å². The molecule has 0 radical (unpaired) electrons. The fraction of sp³-hybridized carbons (Fsp3) is 0.412. The van der Waals surface area contributed by atoms with E-state index in [1.54, 1.807) is 36.3 Å². The molecule has 6 nitrogen and oxygen atoms in total. The normalized spacial score (nSPS) is 13.0. The van der Waals surface area contributed by atoms with Gasteiger partial charge in [0.25, 0.3) is 5.91 Å². The molecule has 124 valence electrons. The van der Waals surface area contributed by atoms with Crippen LogP contribution in [-0.2, 0) is 9.59 Å². The zero-order valence-corrected chi connectivity index (χ0v) is 13.5. The van der Waals surface area contributed by atoms with Gasteiger partial charge in [-0.3, -0.25) is 9.59 Å². The van der Waals surface area contributed by atoms with E-state index in [0.717, 1.165) is 5.56 Å². The molecule has 1 N–H and O–H groups in total. The van der Waals surface area contributed by atoms with Crippen LogP contribution >= 0.6 is 0 Å². The molecule has 1 heterocycles. The summed E-state index contributed by atoms with van der Waals surface area (Å²) >= 11 is 0. The first kappa shape index (κ1) is 16.9. The Bertz CT molecular complexity index is 636. The molecule has 0 saturated carbocycles. The number of rotatable bonds is 6. The van der Waals surface area contributed by atoms with Crippen LogP contribution in [0.15, 0.2) is 23.8 Å². The second-order valence-corrected chi connectivity index (χ2v) is 5.60. The van der Waals surface area contributed by atoms with E-state index in [9.17, 15) is 9.59 Å². The number of carboxylic acid groups (broad SMARTS) is 1. The van der Waals surface area contributed by atoms with Gasteiger partial charge < -0.3 is 19.5 Å². The van der Waals surface area contributed by atoms with Crippen molar-refractivity contribution in [3.8, 4) is 11.5 Å². The van der Waals surface area contributed by atoms with E-state index in [4.69, 9.17) is 14.6 Å². The first-order chi connectivity index (χ1) is 10.9. The predicted molar refractivity (Wildman–Crippen MR) is 85.6 cm³/mol. The Kier molecular flexibility index (Phi) is 5.26. The largest absolute Gasteiger partial charge is 0.497 e. The maximum absolute atomic E-state index is 12.7. The second-order valence-electron chi connectivity index (χ2n) is 5.60. The minimum atomic E-state index is -0.924. The van der Waals surface area contributed by atoms with Crippen LogP contribution in [0.4, 0.5) is 0 Å². The summed E-state index contributed by atoms with van der Waals surface area (Å²) in [6.07, 6.45) is 1.70. The molecular formula is C17H21NO5. The lowest BCUT2D eigenvalue weighted by atomic mass is 10.1. The standard InChI is InChI=1S/C17H21NO5/c1-11(2)18(7-6-16(19)20)17(21)13-8-12-9-14(22-3)4-5-15(12)23-10-13/h4-5,8-9,11H,6-7,10H2,1-3H3,(H,19,20). The SMILES string of the molecule is COc1ccc2c(c1)C=C(C(=O)N(CCC(=O)O)C(C)C)CO2. The number of hydrogen-bond acceptors (Lipinski definition) is 4. The Morgan fingerprint density at radius 2 is 2.13 bits per heavy atom. The Morgan fingerprint density at radius 3 is 2.74 bits per heavy atom. The van der Waals surface area contributed by atoms with Crippen LogP contribution in [0.5, 0.6) is 11.5 Å². The fourth-order valence-corrected chi connectivity index (χ4v) is 2.40. The maximum atomic E-state index is 12.7. The third kappa shape index (κ3) is 4.03. The van der Waals surface area contributed by atoms with Crippen LogP contribution in [0.2, 0.25) is 0 Å². The number of nitrogens with zero attached hydrogens (tertiary/aromatic N) is 1. The first-order valence-corrected chi connectivity index (χ1v) is 7.46. The number of benzene rings is 1. The van der Waals surface area contributed by atoms with Crippen molar-refractivity contribution in [2.45, 2.75) is 26.3 Å². The highest BCUT2D eigenvalue weighted by Crippen LogP contribution is 2.30. The molecule has 6 heteroatoms. The molecule has 1 aromatic carbocycles. The lowest BCUT2D eigenvalue weighted by Crippen LogP contribution is -2.40. The molecule has 0 aliphatic carbocycles. The van der Waals surface area contributed by atoms with Gasteiger partial charge >= 0.3 is 5.97 Å². The van der Waals surface area contributed by atoms with E-state index in [0.29, 0.717) is 17.1 Å². The van der Waals surface area contributed by atoms with Gasteiger partial charge in [-0.05, 0) is 38.1 Å². The van der Waals surface area contributed by atoms with Crippen LogP contribution < -0.4 is 9.47 Å². The summed E-state index contributed by atoms with van der Waals surface area (Å²) in [7, 11) is 1.58. The predicted octanol–water partition coefficient (Wildman–Crippen LogP) is 2.18. The Labute approximate surface area is 135 Å². The lowest BCUT2D eigenvalue weighted by molar-refractivity contribution is -0.138. The van der Waals surface area contributed by atoms with E-state index in [2.05, 4.69) is 0 Å². The molecule has 0 unspecified atom stereocenters. The summed E-state index contributed by atoms with van der Waals surface area (Å²) in [6.45, 7) is 4.07. The summed E-state index contributed by atoms with van der Waals surface area (Å²) in [5.74, 6) is 0.259. The number of amides is 1. The lowest BCUT2D eigenvalue weighted by Gasteiger charge is -2.28. The van der Waals surface area contributed by atoms with Gasteiger partial charge in [0.15, 0.2) is 0 Å². The number of hydrogen-bond donors (Lipinski definition) is 1. The first-order valence-electron chi connectivity index (χ1n) is 7.46. The molecule has 23 heavy (non-hydrogen) atoms. The van der Waals surface area contributed by atoms with Crippen LogP contribution in [0, 0.1) is 0 Å². The van der Waals surface area contributed by atoms with E-state index in [1.165, 1.54) is 0 Å². The zero-order valence-electron chi connectivity index (χ0n) is 13.5. The van der Waals surface area contributed by atoms with Crippen LogP contribution in [0.3, 0.4) is 0 Å². The molecule has 0 saturated heterocycles. The smallest absolute Gasteiger partial charge is 0.305 e. The molecule has 0 spiro atoms. The summed E-state index contributed by atoms with van der Waals surface area (Å²) in [4.78, 5) is 25.0. The summed E-state index contributed by atoms with van der Waals surface area (Å²) in [6, 6.07) is 5.32. The molecule has 0 atom stereocenters. The minimum Gasteiger partial charge on any atom is -0.497 e. The molecule has 1 amide bonds. The fourth-order valence-electron chi connectivity index (χ4n) is 2.40. The van der Waals surface area contributed by atoms with Gasteiger partial charge in [-0.15, -0.1) is 0 Å². The van der Waals surface area contributed by atoms with Crippen LogP contribution in [0.25, 0.3) is 6.08 Å². The molecule has 1 aliphatic heterocycles. The third-order valence-electron chi connectivity index (χ3n) is 3.66. The summed E-state index contributed by atoms with van der Waals surface area (Å²) < 4.78 is 10.8. The minimum absolute atomic E-state index is 0.0809. The molecule has 0 fully saturated rings. The number of ether oxygens (including phenoxy) is 2. The maximum Gasteiger partial charge on any atom is 0.305 e. The van der Waals surface area contributed by atoms with Crippen molar-refractivity contribution in [2.24, 2.45) is 0 Å². The van der Waals surface area contributed by atoms with Gasteiger partial charge in [0.05, 0.1) is 19.1 Å². The van der Waals surface area contributed by atoms with Gasteiger partial charge in [-0.2, -0.15) is 0 Å². The molecule has 0 bridgehead atoms. The van der Waals surface area contributed by atoms with Gasteiger partial charge in [-0.25, -0.2) is 0 Å².